The van der Waals surface area contributed by atoms with Gasteiger partial charge < -0.3 is 21.1 Å². The summed E-state index contributed by atoms with van der Waals surface area (Å²) < 4.78 is 0. The molecule has 1 saturated heterocycles. The number of Topliss-reactive ketones (excluding diaryl/α,β-unsaturated/α-hetero) is 1. The van der Waals surface area contributed by atoms with Crippen molar-refractivity contribution >= 4 is 57.1 Å². The van der Waals surface area contributed by atoms with Crippen LogP contribution in [0.2, 0.25) is 10.0 Å². The first kappa shape index (κ1) is 24.9. The molecular formula is C29H27Cl2N5O2. The van der Waals surface area contributed by atoms with Gasteiger partial charge in [-0.1, -0.05) is 29.3 Å². The minimum absolute atomic E-state index is 0.0384. The predicted octanol–water partition coefficient (Wildman–Crippen LogP) is 6.57. The van der Waals surface area contributed by atoms with Gasteiger partial charge in [0, 0.05) is 36.6 Å². The van der Waals surface area contributed by atoms with Crippen molar-refractivity contribution in [2.24, 2.45) is 11.7 Å². The number of phenolic OH excluding ortho intramolecular Hbond substituents is 1. The van der Waals surface area contributed by atoms with Crippen molar-refractivity contribution in [3.05, 3.63) is 70.5 Å². The molecule has 7 nitrogen and oxygen atoms in total. The molecule has 0 amide bonds. The lowest BCUT2D eigenvalue weighted by atomic mass is 9.99. The zero-order chi connectivity index (χ0) is 26.4. The summed E-state index contributed by atoms with van der Waals surface area (Å²) in [5.41, 5.74) is 10.5. The van der Waals surface area contributed by atoms with E-state index >= 15 is 0 Å². The molecule has 0 bridgehead atoms. The Morgan fingerprint density at radius 3 is 2.47 bits per heavy atom. The summed E-state index contributed by atoms with van der Waals surface area (Å²) in [5.74, 6) is 0.871. The van der Waals surface area contributed by atoms with Crippen LogP contribution in [-0.2, 0) is 0 Å². The van der Waals surface area contributed by atoms with E-state index in [4.69, 9.17) is 28.9 Å². The normalized spacial score (nSPS) is 17.6. The molecule has 9 heteroatoms. The standard InChI is InChI=1S/C29H27Cl2N5O2/c30-23-11-18(12-24(31)29(23)38)17-5-7-25-21(10-17)27(22(14-33-25)28(37)16-3-4-16)35-20-6-8-26(34-13-20)36-9-1-2-19(32)15-36/h5-8,10-14,16,19,38H,1-4,9,15,32H2,(H,33,35). The number of carbonyl (C=O) groups excluding carboxylic acids is 1. The van der Waals surface area contributed by atoms with Crippen molar-refractivity contribution < 1.29 is 9.90 Å². The fraction of sp³-hybridized carbons (Fsp3) is 0.276. The van der Waals surface area contributed by atoms with Gasteiger partial charge in [0.2, 0.25) is 0 Å². The van der Waals surface area contributed by atoms with Crippen molar-refractivity contribution in [1.82, 2.24) is 9.97 Å². The van der Waals surface area contributed by atoms with E-state index in [9.17, 15) is 9.90 Å². The van der Waals surface area contributed by atoms with Gasteiger partial charge in [0.1, 0.15) is 5.82 Å². The average Bonchev–Trinajstić information content (AvgIpc) is 3.77. The Bertz CT molecular complexity index is 1520. The van der Waals surface area contributed by atoms with Gasteiger partial charge in [-0.05, 0) is 73.2 Å². The second-order valence-electron chi connectivity index (χ2n) is 10.1. The molecular weight excluding hydrogens is 521 g/mol. The van der Waals surface area contributed by atoms with Gasteiger partial charge in [-0.15, -0.1) is 0 Å². The number of nitrogens with two attached hydrogens (primary N) is 1. The minimum Gasteiger partial charge on any atom is -0.505 e. The molecule has 1 aliphatic heterocycles. The highest BCUT2D eigenvalue weighted by Crippen LogP contribution is 2.40. The molecule has 1 aliphatic carbocycles. The van der Waals surface area contributed by atoms with Gasteiger partial charge in [-0.2, -0.15) is 0 Å². The first-order valence-electron chi connectivity index (χ1n) is 12.8. The Kier molecular flexibility index (Phi) is 6.60. The average molecular weight is 548 g/mol. The number of aromatic hydroxyl groups is 1. The SMILES string of the molecule is NC1CCCN(c2ccc(Nc3c(C(=O)C4CC4)cnc4ccc(-c5cc(Cl)c(O)c(Cl)c5)cc34)cn2)C1. The van der Waals surface area contributed by atoms with Crippen molar-refractivity contribution in [3.63, 3.8) is 0 Å². The molecule has 4 aromatic rings. The molecule has 1 unspecified atom stereocenters. The zero-order valence-corrected chi connectivity index (χ0v) is 22.1. The lowest BCUT2D eigenvalue weighted by molar-refractivity contribution is 0.0968. The van der Waals surface area contributed by atoms with E-state index in [0.717, 1.165) is 72.3 Å². The summed E-state index contributed by atoms with van der Waals surface area (Å²) in [7, 11) is 0. The molecule has 1 atom stereocenters. The number of anilines is 3. The number of pyridine rings is 2. The van der Waals surface area contributed by atoms with Crippen LogP contribution >= 0.6 is 23.2 Å². The number of phenols is 1. The van der Waals surface area contributed by atoms with Crippen LogP contribution in [0.5, 0.6) is 5.75 Å². The Hall–Kier alpha value is -3.39. The Morgan fingerprint density at radius 1 is 1.00 bits per heavy atom. The van der Waals surface area contributed by atoms with E-state index in [2.05, 4.69) is 20.2 Å². The number of hydrogen-bond acceptors (Lipinski definition) is 7. The fourth-order valence-electron chi connectivity index (χ4n) is 5.00. The number of halogens is 2. The number of carbonyl (C=O) groups is 1. The third kappa shape index (κ3) is 4.89. The molecule has 0 radical (unpaired) electrons. The maximum absolute atomic E-state index is 13.3. The molecule has 2 fully saturated rings. The smallest absolute Gasteiger partial charge is 0.169 e. The van der Waals surface area contributed by atoms with E-state index in [0.29, 0.717) is 11.3 Å². The summed E-state index contributed by atoms with van der Waals surface area (Å²) in [6.45, 7) is 1.74. The summed E-state index contributed by atoms with van der Waals surface area (Å²) in [5, 5.41) is 14.6. The second-order valence-corrected chi connectivity index (χ2v) is 10.9. The van der Waals surface area contributed by atoms with Gasteiger partial charge in [0.25, 0.3) is 0 Å². The third-order valence-electron chi connectivity index (χ3n) is 7.23. The van der Waals surface area contributed by atoms with Crippen LogP contribution in [0.1, 0.15) is 36.0 Å². The van der Waals surface area contributed by atoms with Gasteiger partial charge in [0.15, 0.2) is 11.5 Å². The number of nitrogens with one attached hydrogen (secondary N) is 1. The number of benzene rings is 2. The van der Waals surface area contributed by atoms with Crippen molar-refractivity contribution in [1.29, 1.82) is 0 Å². The molecule has 4 N–H and O–H groups in total. The first-order chi connectivity index (χ1) is 18.4. The maximum Gasteiger partial charge on any atom is 0.169 e. The lowest BCUT2D eigenvalue weighted by Gasteiger charge is -2.31. The van der Waals surface area contributed by atoms with Gasteiger partial charge in [-0.3, -0.25) is 9.78 Å². The number of aromatic nitrogens is 2. The molecule has 0 spiro atoms. The maximum atomic E-state index is 13.3. The molecule has 2 aliphatic rings. The van der Waals surface area contributed by atoms with Gasteiger partial charge >= 0.3 is 0 Å². The van der Waals surface area contributed by atoms with E-state index < -0.39 is 0 Å². The van der Waals surface area contributed by atoms with Crippen LogP contribution in [0.3, 0.4) is 0 Å². The number of ketones is 1. The summed E-state index contributed by atoms with van der Waals surface area (Å²) in [6.07, 6.45) is 7.34. The molecule has 1 saturated carbocycles. The van der Waals surface area contributed by atoms with Gasteiger partial charge in [0.05, 0.1) is 38.7 Å². The van der Waals surface area contributed by atoms with Crippen LogP contribution < -0.4 is 16.0 Å². The second kappa shape index (κ2) is 10.1. The molecule has 194 valence electrons. The Labute approximate surface area is 230 Å². The van der Waals surface area contributed by atoms with E-state index in [1.165, 1.54) is 0 Å². The van der Waals surface area contributed by atoms with E-state index in [1.807, 2.05) is 30.3 Å². The highest BCUT2D eigenvalue weighted by atomic mass is 35.5. The zero-order valence-electron chi connectivity index (χ0n) is 20.6. The van der Waals surface area contributed by atoms with Crippen LogP contribution in [0.4, 0.5) is 17.2 Å². The van der Waals surface area contributed by atoms with E-state index in [1.54, 1.807) is 24.5 Å². The van der Waals surface area contributed by atoms with Crippen LogP contribution in [0, 0.1) is 5.92 Å². The van der Waals surface area contributed by atoms with Crippen LogP contribution in [0.15, 0.2) is 54.9 Å². The summed E-state index contributed by atoms with van der Waals surface area (Å²) in [4.78, 5) is 24.7. The molecule has 2 aromatic carbocycles. The Balaban J connectivity index is 1.40. The van der Waals surface area contributed by atoms with Crippen molar-refractivity contribution in [3.8, 4) is 16.9 Å². The highest BCUT2D eigenvalue weighted by molar-refractivity contribution is 6.37. The largest absolute Gasteiger partial charge is 0.505 e. The first-order valence-corrected chi connectivity index (χ1v) is 13.5. The van der Waals surface area contributed by atoms with E-state index in [-0.39, 0.29) is 33.5 Å². The minimum atomic E-state index is -0.151. The summed E-state index contributed by atoms with van der Waals surface area (Å²) in [6, 6.07) is 13.2. The van der Waals surface area contributed by atoms with Crippen LogP contribution in [0.25, 0.3) is 22.0 Å². The highest BCUT2D eigenvalue weighted by Gasteiger charge is 2.32. The van der Waals surface area contributed by atoms with Crippen molar-refractivity contribution in [2.75, 3.05) is 23.3 Å². The Morgan fingerprint density at radius 2 is 1.79 bits per heavy atom. The van der Waals surface area contributed by atoms with Crippen molar-refractivity contribution in [2.45, 2.75) is 31.7 Å². The van der Waals surface area contributed by atoms with Gasteiger partial charge in [-0.25, -0.2) is 4.98 Å². The number of rotatable bonds is 6. The van der Waals surface area contributed by atoms with Crippen LogP contribution in [-0.4, -0.2) is 40.0 Å². The number of fused-ring (bicyclic) bond motifs is 1. The fourth-order valence-corrected chi connectivity index (χ4v) is 5.49. The molecule has 38 heavy (non-hydrogen) atoms. The number of nitrogens with zero attached hydrogens (tertiary/aromatic N) is 3. The molecule has 2 aromatic heterocycles. The lowest BCUT2D eigenvalue weighted by Crippen LogP contribution is -2.43. The number of hydrogen-bond donors (Lipinski definition) is 3. The monoisotopic (exact) mass is 547 g/mol. The summed E-state index contributed by atoms with van der Waals surface area (Å²) >= 11 is 12.4. The molecule has 6 rings (SSSR count). The quantitative estimate of drug-likeness (QED) is 0.234. The topological polar surface area (TPSA) is 104 Å². The predicted molar refractivity (Wildman–Crippen MR) is 153 cm³/mol. The molecule has 3 heterocycles. The third-order valence-corrected chi connectivity index (χ3v) is 7.81. The number of piperidine rings is 1.